The van der Waals surface area contributed by atoms with E-state index in [1.807, 2.05) is 0 Å². The first-order chi connectivity index (χ1) is 14.1. The number of ketones is 1. The van der Waals surface area contributed by atoms with E-state index in [0.717, 1.165) is 38.5 Å². The molecule has 30 heavy (non-hydrogen) atoms. The van der Waals surface area contributed by atoms with Crippen LogP contribution in [0.5, 0.6) is 0 Å². The van der Waals surface area contributed by atoms with Crippen molar-refractivity contribution in [2.45, 2.75) is 92.9 Å². The maximum Gasteiger partial charge on any atom is 0.328 e. The van der Waals surface area contributed by atoms with Crippen LogP contribution in [0.2, 0.25) is 0 Å². The fraction of sp³-hybridized carbons (Fsp3) is 0.600. The van der Waals surface area contributed by atoms with Crippen LogP contribution in [-0.4, -0.2) is 23.4 Å². The number of nitroso groups, excluding NO2 is 1. The molecule has 0 amide bonds. The third kappa shape index (κ3) is 25.7. The van der Waals surface area contributed by atoms with E-state index in [1.54, 1.807) is 6.92 Å². The minimum Gasteiger partial charge on any atom is -0.480 e. The van der Waals surface area contributed by atoms with Gasteiger partial charge in [0, 0.05) is 6.42 Å². The van der Waals surface area contributed by atoms with Crippen molar-refractivity contribution in [2.75, 3.05) is 6.54 Å². The molecule has 0 heterocycles. The largest absolute Gasteiger partial charge is 0.480 e. The van der Waals surface area contributed by atoms with Crippen molar-refractivity contribution in [1.82, 2.24) is 0 Å². The van der Waals surface area contributed by atoms with Crippen molar-refractivity contribution in [3.63, 3.8) is 0 Å². The average molecular weight is 420 g/mol. The van der Waals surface area contributed by atoms with Crippen molar-refractivity contribution in [1.29, 1.82) is 0 Å². The number of Topliss-reactive ketones (excluding diaryl/α,β-unsaturated/α-hetero) is 1. The fourth-order valence-corrected chi connectivity index (χ4v) is 2.56. The van der Waals surface area contributed by atoms with E-state index < -0.39 is 12.5 Å². The molecule has 0 aromatic carbocycles. The third-order valence-electron chi connectivity index (χ3n) is 4.34. The Labute approximate surface area is 183 Å². The SMILES string of the molecule is CC(=O)CC/C=C(\C)CC/C=C(\C)CC/C=C(\C)CCC=C(C)C.O=NCC(=O)O. The quantitative estimate of drug-likeness (QED) is 0.236. The van der Waals surface area contributed by atoms with Crippen molar-refractivity contribution >= 4 is 11.8 Å². The van der Waals surface area contributed by atoms with Gasteiger partial charge >= 0.3 is 5.97 Å². The lowest BCUT2D eigenvalue weighted by Crippen LogP contribution is -1.96. The summed E-state index contributed by atoms with van der Waals surface area (Å²) in [6.07, 6.45) is 17.7. The molecule has 0 bridgehead atoms. The Balaban J connectivity index is 0. The first-order valence-electron chi connectivity index (χ1n) is 10.7. The molecule has 0 saturated heterocycles. The number of carboxylic acids is 1. The second-order valence-corrected chi connectivity index (χ2v) is 7.97. The van der Waals surface area contributed by atoms with E-state index in [9.17, 15) is 9.59 Å². The topological polar surface area (TPSA) is 83.8 Å². The predicted octanol–water partition coefficient (Wildman–Crippen LogP) is 7.34. The van der Waals surface area contributed by atoms with E-state index >= 15 is 0 Å². The Hall–Kier alpha value is -2.30. The maximum atomic E-state index is 10.9. The molecule has 0 unspecified atom stereocenters. The first-order valence-corrected chi connectivity index (χ1v) is 10.7. The first kappa shape index (κ1) is 29.9. The van der Waals surface area contributed by atoms with E-state index in [0.29, 0.717) is 6.42 Å². The van der Waals surface area contributed by atoms with Gasteiger partial charge in [0.2, 0.25) is 0 Å². The normalized spacial score (nSPS) is 12.0. The summed E-state index contributed by atoms with van der Waals surface area (Å²) in [6.45, 7) is 12.0. The molecule has 5 heteroatoms. The van der Waals surface area contributed by atoms with Gasteiger partial charge in [0.25, 0.3) is 0 Å². The summed E-state index contributed by atoms with van der Waals surface area (Å²) in [5, 5.41) is 9.71. The third-order valence-corrected chi connectivity index (χ3v) is 4.34. The number of hydrogen-bond donors (Lipinski definition) is 1. The molecule has 0 aliphatic carbocycles. The standard InChI is InChI=1S/C23H38O.C2H3NO3/c1-19(2)11-7-12-20(3)13-8-14-21(4)15-9-16-22(5)17-10-18-23(6)24;4-2(5)1-3-6/h11,13,15,17H,7-10,12,14,16,18H2,1-6H3;1H2,(H,4,5)/b20-13+,21-15+,22-17+;. The van der Waals surface area contributed by atoms with Gasteiger partial charge in [-0.05, 0) is 86.5 Å². The number of nitrogens with zero attached hydrogens (tertiary/aromatic N) is 1. The fourth-order valence-electron chi connectivity index (χ4n) is 2.56. The van der Waals surface area contributed by atoms with Crippen molar-refractivity contribution < 1.29 is 14.7 Å². The predicted molar refractivity (Wildman–Crippen MR) is 127 cm³/mol. The Bertz CT molecular complexity index is 636. The summed E-state index contributed by atoms with van der Waals surface area (Å²) in [5.74, 6) is -0.913. The molecule has 0 saturated carbocycles. The second-order valence-electron chi connectivity index (χ2n) is 7.97. The lowest BCUT2D eigenvalue weighted by atomic mass is 10.0. The van der Waals surface area contributed by atoms with Gasteiger partial charge in [-0.2, -0.15) is 4.91 Å². The zero-order valence-corrected chi connectivity index (χ0v) is 19.8. The van der Waals surface area contributed by atoms with Crippen molar-refractivity contribution in [3.8, 4) is 0 Å². The molecule has 0 spiro atoms. The molecule has 0 radical (unpaired) electrons. The summed E-state index contributed by atoms with van der Waals surface area (Å²) in [5.41, 5.74) is 5.80. The minimum absolute atomic E-state index is 0.277. The number of hydrogen-bond acceptors (Lipinski definition) is 4. The van der Waals surface area contributed by atoms with Gasteiger partial charge in [-0.25, -0.2) is 0 Å². The van der Waals surface area contributed by atoms with Gasteiger partial charge in [-0.15, -0.1) is 0 Å². The van der Waals surface area contributed by atoms with E-state index in [2.05, 4.69) is 64.1 Å². The van der Waals surface area contributed by atoms with Crippen molar-refractivity contribution in [3.05, 3.63) is 51.5 Å². The van der Waals surface area contributed by atoms with Crippen LogP contribution >= 0.6 is 0 Å². The average Bonchev–Trinajstić information content (AvgIpc) is 2.61. The number of carbonyl (C=O) groups excluding carboxylic acids is 1. The molecule has 0 aliphatic rings. The number of rotatable bonds is 14. The minimum atomic E-state index is -1.19. The molecule has 1 N–H and O–H groups in total. The molecule has 0 atom stereocenters. The molecule has 0 aromatic rings. The highest BCUT2D eigenvalue weighted by atomic mass is 16.4. The Kier molecular flexibility index (Phi) is 19.9. The highest BCUT2D eigenvalue weighted by Crippen LogP contribution is 2.14. The Morgan fingerprint density at radius 3 is 1.30 bits per heavy atom. The second kappa shape index (κ2) is 20.0. The molecule has 0 aliphatic heterocycles. The number of carbonyl (C=O) groups is 2. The van der Waals surface area contributed by atoms with Gasteiger partial charge in [-0.3, -0.25) is 4.79 Å². The molecule has 0 rings (SSSR count). The molecular formula is C25H41NO4. The summed E-state index contributed by atoms with van der Waals surface area (Å²) < 4.78 is 0. The molecule has 170 valence electrons. The van der Waals surface area contributed by atoms with Gasteiger partial charge in [0.05, 0.1) is 0 Å². The summed E-state index contributed by atoms with van der Waals surface area (Å²) in [7, 11) is 0. The van der Waals surface area contributed by atoms with Crippen molar-refractivity contribution in [2.24, 2.45) is 5.18 Å². The van der Waals surface area contributed by atoms with E-state index in [-0.39, 0.29) is 5.78 Å². The van der Waals surface area contributed by atoms with Crippen LogP contribution in [0.15, 0.2) is 51.8 Å². The van der Waals surface area contributed by atoms with Crippen LogP contribution in [0, 0.1) is 4.91 Å². The monoisotopic (exact) mass is 419 g/mol. The van der Waals surface area contributed by atoms with Crippen LogP contribution in [0.3, 0.4) is 0 Å². The molecular weight excluding hydrogens is 378 g/mol. The van der Waals surface area contributed by atoms with Crippen LogP contribution in [0.4, 0.5) is 0 Å². The molecule has 0 fully saturated rings. The molecule has 0 aromatic heterocycles. The lowest BCUT2D eigenvalue weighted by Gasteiger charge is -2.02. The summed E-state index contributed by atoms with van der Waals surface area (Å²) >= 11 is 0. The lowest BCUT2D eigenvalue weighted by molar-refractivity contribution is -0.135. The van der Waals surface area contributed by atoms with Crippen LogP contribution in [-0.2, 0) is 9.59 Å². The highest BCUT2D eigenvalue weighted by molar-refractivity contribution is 5.75. The molecule has 5 nitrogen and oxygen atoms in total. The zero-order valence-electron chi connectivity index (χ0n) is 19.8. The van der Waals surface area contributed by atoms with Gasteiger partial charge < -0.3 is 9.90 Å². The van der Waals surface area contributed by atoms with Crippen LogP contribution in [0.1, 0.15) is 92.9 Å². The number of aliphatic carboxylic acids is 1. The van der Waals surface area contributed by atoms with Crippen LogP contribution < -0.4 is 0 Å². The number of allylic oxidation sites excluding steroid dienone is 8. The van der Waals surface area contributed by atoms with Gasteiger partial charge in [-0.1, -0.05) is 51.8 Å². The summed E-state index contributed by atoms with van der Waals surface area (Å²) in [4.78, 5) is 29.2. The van der Waals surface area contributed by atoms with Gasteiger partial charge in [0.1, 0.15) is 5.78 Å². The summed E-state index contributed by atoms with van der Waals surface area (Å²) in [6, 6.07) is 0. The maximum absolute atomic E-state index is 10.9. The zero-order chi connectivity index (χ0) is 23.4. The van der Waals surface area contributed by atoms with E-state index in [4.69, 9.17) is 10.0 Å². The van der Waals surface area contributed by atoms with E-state index in [1.165, 1.54) is 28.7 Å². The smallest absolute Gasteiger partial charge is 0.328 e. The number of carboxylic acid groups (broad SMARTS) is 1. The Morgan fingerprint density at radius 2 is 1.03 bits per heavy atom. The van der Waals surface area contributed by atoms with Gasteiger partial charge in [0.15, 0.2) is 6.54 Å². The Morgan fingerprint density at radius 1 is 0.667 bits per heavy atom. The van der Waals surface area contributed by atoms with Crippen LogP contribution in [0.25, 0.3) is 0 Å². The highest BCUT2D eigenvalue weighted by Gasteiger charge is 1.95.